The molecule has 0 aliphatic heterocycles. The van der Waals surface area contributed by atoms with Crippen LogP contribution in [0.3, 0.4) is 0 Å². The molecule has 0 unspecified atom stereocenters. The van der Waals surface area contributed by atoms with E-state index in [1.165, 1.54) is 30.0 Å². The Morgan fingerprint density at radius 1 is 1.19 bits per heavy atom. The number of benzene rings is 1. The van der Waals surface area contributed by atoms with Crippen molar-refractivity contribution in [1.29, 1.82) is 0 Å². The van der Waals surface area contributed by atoms with Crippen molar-refractivity contribution in [2.75, 3.05) is 13.2 Å². The molecule has 0 fully saturated rings. The molecular weight excluding hydrogens is 334 g/mol. The Bertz CT molecular complexity index is 934. The SMILES string of the molecule is Cc1cccc(C)c1OCCNC(=O)C=Cc1cn(C)c(=O)n(C)c1=O. The van der Waals surface area contributed by atoms with Gasteiger partial charge in [0.15, 0.2) is 0 Å². The number of carbonyl (C=O) groups is 1. The molecule has 1 aromatic heterocycles. The van der Waals surface area contributed by atoms with Crippen molar-refractivity contribution in [3.05, 3.63) is 68.0 Å². The highest BCUT2D eigenvalue weighted by molar-refractivity contribution is 5.91. The molecular formula is C19H23N3O4. The van der Waals surface area contributed by atoms with Crippen LogP contribution < -0.4 is 21.3 Å². The average Bonchev–Trinajstić information content (AvgIpc) is 2.60. The molecule has 1 aromatic carbocycles. The van der Waals surface area contributed by atoms with E-state index in [4.69, 9.17) is 4.74 Å². The molecule has 0 saturated heterocycles. The molecule has 1 amide bonds. The van der Waals surface area contributed by atoms with Crippen LogP contribution in [0.1, 0.15) is 16.7 Å². The second kappa shape index (κ2) is 8.33. The van der Waals surface area contributed by atoms with Gasteiger partial charge in [-0.25, -0.2) is 4.79 Å². The lowest BCUT2D eigenvalue weighted by Crippen LogP contribution is -2.37. The highest BCUT2D eigenvalue weighted by Crippen LogP contribution is 2.21. The molecule has 0 spiro atoms. The zero-order chi connectivity index (χ0) is 19.3. The van der Waals surface area contributed by atoms with Crippen molar-refractivity contribution in [3.63, 3.8) is 0 Å². The lowest BCUT2D eigenvalue weighted by Gasteiger charge is -2.11. The fraction of sp³-hybridized carbons (Fsp3) is 0.316. The Labute approximate surface area is 151 Å². The van der Waals surface area contributed by atoms with Gasteiger partial charge in [0.05, 0.1) is 12.1 Å². The highest BCUT2D eigenvalue weighted by atomic mass is 16.5. The number of ether oxygens (including phenoxy) is 1. The fourth-order valence-electron chi connectivity index (χ4n) is 2.53. The third-order valence-electron chi connectivity index (χ3n) is 3.94. The third kappa shape index (κ3) is 4.50. The normalized spacial score (nSPS) is 10.9. The van der Waals surface area contributed by atoms with Crippen molar-refractivity contribution in [2.24, 2.45) is 14.1 Å². The van der Waals surface area contributed by atoms with Gasteiger partial charge in [-0.15, -0.1) is 0 Å². The summed E-state index contributed by atoms with van der Waals surface area (Å²) in [6, 6.07) is 5.91. The van der Waals surface area contributed by atoms with Gasteiger partial charge < -0.3 is 14.6 Å². The molecule has 0 radical (unpaired) electrons. The van der Waals surface area contributed by atoms with E-state index in [0.717, 1.165) is 21.4 Å². The van der Waals surface area contributed by atoms with Gasteiger partial charge in [-0.1, -0.05) is 18.2 Å². The molecule has 0 saturated carbocycles. The van der Waals surface area contributed by atoms with E-state index >= 15 is 0 Å². The number of aromatic nitrogens is 2. The van der Waals surface area contributed by atoms with Crippen molar-refractivity contribution in [3.8, 4) is 5.75 Å². The number of nitrogens with zero attached hydrogens (tertiary/aromatic N) is 2. The number of amides is 1. The van der Waals surface area contributed by atoms with Crippen LogP contribution in [-0.2, 0) is 18.9 Å². The Kier molecular flexibility index (Phi) is 6.16. The fourth-order valence-corrected chi connectivity index (χ4v) is 2.53. The van der Waals surface area contributed by atoms with Gasteiger partial charge in [-0.3, -0.25) is 14.2 Å². The number of rotatable bonds is 6. The van der Waals surface area contributed by atoms with E-state index in [0.29, 0.717) is 13.2 Å². The summed E-state index contributed by atoms with van der Waals surface area (Å²) >= 11 is 0. The number of carbonyl (C=O) groups excluding carboxylic acids is 1. The van der Waals surface area contributed by atoms with Gasteiger partial charge in [0.25, 0.3) is 5.56 Å². The maximum absolute atomic E-state index is 12.0. The number of aryl methyl sites for hydroxylation is 3. The lowest BCUT2D eigenvalue weighted by molar-refractivity contribution is -0.116. The average molecular weight is 357 g/mol. The summed E-state index contributed by atoms with van der Waals surface area (Å²) in [6.45, 7) is 4.61. The van der Waals surface area contributed by atoms with Crippen LogP contribution in [0.5, 0.6) is 5.75 Å². The smallest absolute Gasteiger partial charge is 0.330 e. The standard InChI is InChI=1S/C19H23N3O4/c1-13-6-5-7-14(2)17(13)26-11-10-20-16(23)9-8-15-12-21(3)19(25)22(4)18(15)24/h5-9,12H,10-11H2,1-4H3,(H,20,23). The number of hydrogen-bond acceptors (Lipinski definition) is 4. The topological polar surface area (TPSA) is 82.3 Å². The second-order valence-electron chi connectivity index (χ2n) is 6.04. The third-order valence-corrected chi connectivity index (χ3v) is 3.94. The van der Waals surface area contributed by atoms with E-state index in [9.17, 15) is 14.4 Å². The molecule has 0 atom stereocenters. The van der Waals surface area contributed by atoms with Crippen molar-refractivity contribution >= 4 is 12.0 Å². The molecule has 7 heteroatoms. The molecule has 1 heterocycles. The summed E-state index contributed by atoms with van der Waals surface area (Å²) in [7, 11) is 2.94. The summed E-state index contributed by atoms with van der Waals surface area (Å²) in [5.74, 6) is 0.483. The summed E-state index contributed by atoms with van der Waals surface area (Å²) < 4.78 is 8.00. The first kappa shape index (κ1) is 19.2. The van der Waals surface area contributed by atoms with Crippen molar-refractivity contribution < 1.29 is 9.53 Å². The Morgan fingerprint density at radius 3 is 2.50 bits per heavy atom. The molecule has 0 aliphatic carbocycles. The predicted molar refractivity (Wildman–Crippen MR) is 100 cm³/mol. The van der Waals surface area contributed by atoms with Crippen LogP contribution in [0, 0.1) is 13.8 Å². The van der Waals surface area contributed by atoms with Crippen LogP contribution in [-0.4, -0.2) is 28.2 Å². The van der Waals surface area contributed by atoms with Gasteiger partial charge in [0.2, 0.25) is 5.91 Å². The van der Waals surface area contributed by atoms with Gasteiger partial charge in [0, 0.05) is 26.4 Å². The van der Waals surface area contributed by atoms with E-state index in [1.54, 1.807) is 7.05 Å². The minimum absolute atomic E-state index is 0.261. The first-order valence-electron chi connectivity index (χ1n) is 8.23. The van der Waals surface area contributed by atoms with E-state index in [2.05, 4.69) is 5.32 Å². The summed E-state index contributed by atoms with van der Waals surface area (Å²) in [5.41, 5.74) is 1.48. The van der Waals surface area contributed by atoms with E-state index in [1.807, 2.05) is 32.0 Å². The summed E-state index contributed by atoms with van der Waals surface area (Å²) in [5, 5.41) is 2.69. The van der Waals surface area contributed by atoms with Crippen molar-refractivity contribution in [2.45, 2.75) is 13.8 Å². The van der Waals surface area contributed by atoms with Gasteiger partial charge in [-0.05, 0) is 31.1 Å². The monoisotopic (exact) mass is 357 g/mol. The minimum atomic E-state index is -0.449. The zero-order valence-electron chi connectivity index (χ0n) is 15.4. The van der Waals surface area contributed by atoms with Crippen LogP contribution >= 0.6 is 0 Å². The van der Waals surface area contributed by atoms with Crippen LogP contribution in [0.4, 0.5) is 0 Å². The number of para-hydroxylation sites is 1. The highest BCUT2D eigenvalue weighted by Gasteiger charge is 2.05. The molecule has 0 aliphatic rings. The van der Waals surface area contributed by atoms with Gasteiger partial charge in [0.1, 0.15) is 12.4 Å². The Hall–Kier alpha value is -3.09. The maximum Gasteiger partial charge on any atom is 0.330 e. The number of nitrogens with one attached hydrogen (secondary N) is 1. The minimum Gasteiger partial charge on any atom is -0.491 e. The molecule has 2 aromatic rings. The van der Waals surface area contributed by atoms with E-state index < -0.39 is 11.2 Å². The summed E-state index contributed by atoms with van der Waals surface area (Å²) in [6.07, 6.45) is 4.06. The quantitative estimate of drug-likeness (QED) is 0.615. The Balaban J connectivity index is 1.91. The first-order chi connectivity index (χ1) is 12.3. The van der Waals surface area contributed by atoms with Crippen LogP contribution in [0.15, 0.2) is 40.1 Å². The number of hydrogen-bond donors (Lipinski definition) is 1. The van der Waals surface area contributed by atoms with Crippen LogP contribution in [0.2, 0.25) is 0 Å². The van der Waals surface area contributed by atoms with Gasteiger partial charge in [-0.2, -0.15) is 0 Å². The maximum atomic E-state index is 12.0. The van der Waals surface area contributed by atoms with Crippen molar-refractivity contribution in [1.82, 2.24) is 14.5 Å². The first-order valence-corrected chi connectivity index (χ1v) is 8.23. The lowest BCUT2D eigenvalue weighted by atomic mass is 10.1. The largest absolute Gasteiger partial charge is 0.491 e. The molecule has 7 nitrogen and oxygen atoms in total. The predicted octanol–water partition coefficient (Wildman–Crippen LogP) is 0.909. The summed E-state index contributed by atoms with van der Waals surface area (Å²) in [4.78, 5) is 35.5. The molecule has 2 rings (SSSR count). The second-order valence-corrected chi connectivity index (χ2v) is 6.04. The molecule has 0 bridgehead atoms. The Morgan fingerprint density at radius 2 is 1.85 bits per heavy atom. The molecule has 138 valence electrons. The molecule has 1 N–H and O–H groups in total. The molecule has 26 heavy (non-hydrogen) atoms. The van der Waals surface area contributed by atoms with E-state index in [-0.39, 0.29) is 11.5 Å². The zero-order valence-corrected chi connectivity index (χ0v) is 15.4. The van der Waals surface area contributed by atoms with Gasteiger partial charge >= 0.3 is 5.69 Å². The van der Waals surface area contributed by atoms with Crippen LogP contribution in [0.25, 0.3) is 6.08 Å².